The first-order valence-electron chi connectivity index (χ1n) is 5.10. The average Bonchev–Trinajstić information content (AvgIpc) is 2.16. The molecule has 1 rings (SSSR count). The number of ether oxygens (including phenoxy) is 4. The highest BCUT2D eigenvalue weighted by Gasteiger charge is 2.19. The molecule has 0 bridgehead atoms. The molecule has 0 amide bonds. The molecule has 0 radical (unpaired) electrons. The fourth-order valence-electron chi connectivity index (χ4n) is 0.782. The number of carboxylic acid groups (broad SMARTS) is 1. The molecule has 0 aromatic rings. The van der Waals surface area contributed by atoms with E-state index < -0.39 is 17.9 Å². The predicted octanol–water partition coefficient (Wildman–Crippen LogP) is 1.65. The molecule has 0 saturated carbocycles. The standard InChI is InChI=1S/C6H10O5.C4H8O2/c1-6(2,3)11-5(9)10-4(7)8;1-2-6-4-3-5-1/h1-3H3,(H,7,8);1-4H2. The molecule has 1 aliphatic rings. The number of carbonyl (C=O) groups is 2. The Hall–Kier alpha value is -1.34. The minimum absolute atomic E-state index is 0.730. The summed E-state index contributed by atoms with van der Waals surface area (Å²) >= 11 is 0. The lowest BCUT2D eigenvalue weighted by molar-refractivity contribution is -0.0334. The van der Waals surface area contributed by atoms with E-state index in [2.05, 4.69) is 9.47 Å². The Bertz CT molecular complexity index is 228. The summed E-state index contributed by atoms with van der Waals surface area (Å²) in [5, 5.41) is 7.96. The van der Waals surface area contributed by atoms with Gasteiger partial charge in [-0.15, -0.1) is 0 Å². The highest BCUT2D eigenvalue weighted by molar-refractivity contribution is 5.75. The maximum absolute atomic E-state index is 10.4. The Morgan fingerprint density at radius 2 is 1.47 bits per heavy atom. The molecule has 0 atom stereocenters. The summed E-state index contributed by atoms with van der Waals surface area (Å²) in [6.45, 7) is 7.93. The van der Waals surface area contributed by atoms with Crippen LogP contribution >= 0.6 is 0 Å². The van der Waals surface area contributed by atoms with E-state index in [-0.39, 0.29) is 0 Å². The molecule has 0 spiro atoms. The molecule has 1 fully saturated rings. The van der Waals surface area contributed by atoms with Gasteiger partial charge in [-0.05, 0) is 20.8 Å². The Balaban J connectivity index is 0.000000354. The zero-order valence-electron chi connectivity index (χ0n) is 10.2. The first-order chi connectivity index (χ1) is 7.81. The predicted molar refractivity (Wildman–Crippen MR) is 57.0 cm³/mol. The van der Waals surface area contributed by atoms with Gasteiger partial charge in [0.15, 0.2) is 0 Å². The van der Waals surface area contributed by atoms with Crippen LogP contribution in [0, 0.1) is 0 Å². The monoisotopic (exact) mass is 250 g/mol. The van der Waals surface area contributed by atoms with Crippen molar-refractivity contribution in [3.8, 4) is 0 Å². The second kappa shape index (κ2) is 7.86. The third-order valence-corrected chi connectivity index (χ3v) is 1.30. The maximum Gasteiger partial charge on any atom is 0.519 e. The third-order valence-electron chi connectivity index (χ3n) is 1.30. The normalized spacial score (nSPS) is 15.2. The number of carbonyl (C=O) groups excluding carboxylic acids is 1. The van der Waals surface area contributed by atoms with Crippen LogP contribution in [0.15, 0.2) is 0 Å². The summed E-state index contributed by atoms with van der Waals surface area (Å²) in [5.74, 6) is 0. The summed E-state index contributed by atoms with van der Waals surface area (Å²) in [5.41, 5.74) is -0.730. The summed E-state index contributed by atoms with van der Waals surface area (Å²) in [6, 6.07) is 0. The van der Waals surface area contributed by atoms with Gasteiger partial charge in [0.25, 0.3) is 0 Å². The number of rotatable bonds is 0. The van der Waals surface area contributed by atoms with Crippen LogP contribution in [0.5, 0.6) is 0 Å². The highest BCUT2D eigenvalue weighted by atomic mass is 16.8. The van der Waals surface area contributed by atoms with E-state index in [1.54, 1.807) is 20.8 Å². The van der Waals surface area contributed by atoms with Gasteiger partial charge in [0.05, 0.1) is 26.4 Å². The van der Waals surface area contributed by atoms with E-state index in [9.17, 15) is 9.59 Å². The van der Waals surface area contributed by atoms with E-state index in [1.165, 1.54) is 0 Å². The quantitative estimate of drug-likeness (QED) is 0.516. The Labute approximate surface area is 99.6 Å². The van der Waals surface area contributed by atoms with Crippen LogP contribution < -0.4 is 0 Å². The molecule has 1 N–H and O–H groups in total. The maximum atomic E-state index is 10.4. The lowest BCUT2D eigenvalue weighted by Gasteiger charge is -2.17. The van der Waals surface area contributed by atoms with Gasteiger partial charge in [-0.25, -0.2) is 9.59 Å². The number of hydrogen-bond donors (Lipinski definition) is 1. The van der Waals surface area contributed by atoms with Crippen LogP contribution in [0.25, 0.3) is 0 Å². The lowest BCUT2D eigenvalue weighted by atomic mass is 10.2. The van der Waals surface area contributed by atoms with Gasteiger partial charge >= 0.3 is 12.3 Å². The van der Waals surface area contributed by atoms with Crippen molar-refractivity contribution in [3.05, 3.63) is 0 Å². The molecule has 0 aliphatic carbocycles. The molecule has 1 aliphatic heterocycles. The first-order valence-corrected chi connectivity index (χ1v) is 5.10. The summed E-state index contributed by atoms with van der Waals surface area (Å²) in [6.07, 6.45) is -2.87. The van der Waals surface area contributed by atoms with Crippen molar-refractivity contribution >= 4 is 12.3 Å². The van der Waals surface area contributed by atoms with Crippen molar-refractivity contribution in [3.63, 3.8) is 0 Å². The van der Waals surface area contributed by atoms with Gasteiger partial charge in [0.1, 0.15) is 5.60 Å². The van der Waals surface area contributed by atoms with E-state index in [1.807, 2.05) is 0 Å². The molecule has 100 valence electrons. The summed E-state index contributed by atoms with van der Waals surface area (Å²) in [7, 11) is 0. The van der Waals surface area contributed by atoms with Gasteiger partial charge in [-0.1, -0.05) is 0 Å². The lowest BCUT2D eigenvalue weighted by Crippen LogP contribution is -2.25. The fraction of sp³-hybridized carbons (Fsp3) is 0.800. The van der Waals surface area contributed by atoms with Crippen LogP contribution in [0.1, 0.15) is 20.8 Å². The smallest absolute Gasteiger partial charge is 0.449 e. The third kappa shape index (κ3) is 12.6. The van der Waals surface area contributed by atoms with E-state index >= 15 is 0 Å². The second-order valence-corrected chi connectivity index (χ2v) is 4.06. The topological polar surface area (TPSA) is 91.3 Å². The van der Waals surface area contributed by atoms with Crippen molar-refractivity contribution in [2.24, 2.45) is 0 Å². The van der Waals surface area contributed by atoms with Gasteiger partial charge in [0, 0.05) is 0 Å². The van der Waals surface area contributed by atoms with Crippen LogP contribution in [0.2, 0.25) is 0 Å². The zero-order valence-corrected chi connectivity index (χ0v) is 10.2. The fourth-order valence-corrected chi connectivity index (χ4v) is 0.782. The molecule has 7 heteroatoms. The van der Waals surface area contributed by atoms with E-state index in [0.717, 1.165) is 26.4 Å². The molecular weight excluding hydrogens is 232 g/mol. The van der Waals surface area contributed by atoms with E-state index in [0.29, 0.717) is 0 Å². The Kier molecular flexibility index (Phi) is 7.24. The zero-order chi connectivity index (χ0) is 13.3. The molecule has 1 saturated heterocycles. The molecule has 0 aromatic carbocycles. The first kappa shape index (κ1) is 15.7. The van der Waals surface area contributed by atoms with Crippen LogP contribution in [-0.4, -0.2) is 49.4 Å². The average molecular weight is 250 g/mol. The Morgan fingerprint density at radius 3 is 1.71 bits per heavy atom. The summed E-state index contributed by atoms with van der Waals surface area (Å²) < 4.78 is 18.1. The summed E-state index contributed by atoms with van der Waals surface area (Å²) in [4.78, 5) is 20.2. The van der Waals surface area contributed by atoms with Crippen LogP contribution in [0.4, 0.5) is 9.59 Å². The largest absolute Gasteiger partial charge is 0.519 e. The molecule has 7 nitrogen and oxygen atoms in total. The Morgan fingerprint density at radius 1 is 1.06 bits per heavy atom. The molecular formula is C10H18O7. The van der Waals surface area contributed by atoms with Gasteiger partial charge in [-0.2, -0.15) is 0 Å². The van der Waals surface area contributed by atoms with Crippen molar-refractivity contribution in [2.45, 2.75) is 26.4 Å². The van der Waals surface area contributed by atoms with Gasteiger partial charge in [0.2, 0.25) is 0 Å². The molecule has 1 heterocycles. The van der Waals surface area contributed by atoms with Gasteiger partial charge in [-0.3, -0.25) is 0 Å². The van der Waals surface area contributed by atoms with Crippen molar-refractivity contribution in [2.75, 3.05) is 26.4 Å². The molecule has 0 aromatic heterocycles. The van der Waals surface area contributed by atoms with Crippen LogP contribution in [0.3, 0.4) is 0 Å². The van der Waals surface area contributed by atoms with Gasteiger partial charge < -0.3 is 24.1 Å². The highest BCUT2D eigenvalue weighted by Crippen LogP contribution is 2.07. The minimum atomic E-state index is -1.67. The second-order valence-electron chi connectivity index (χ2n) is 4.06. The number of hydrogen-bond acceptors (Lipinski definition) is 6. The van der Waals surface area contributed by atoms with E-state index in [4.69, 9.17) is 14.6 Å². The van der Waals surface area contributed by atoms with Crippen molar-refractivity contribution < 1.29 is 33.6 Å². The van der Waals surface area contributed by atoms with Crippen molar-refractivity contribution in [1.29, 1.82) is 0 Å². The van der Waals surface area contributed by atoms with Crippen LogP contribution in [-0.2, 0) is 18.9 Å². The molecule has 17 heavy (non-hydrogen) atoms. The SMILES string of the molecule is C1COCCO1.CC(C)(C)OC(=O)OC(=O)O. The molecule has 0 unspecified atom stereocenters. The minimum Gasteiger partial charge on any atom is -0.449 e. The van der Waals surface area contributed by atoms with Crippen molar-refractivity contribution in [1.82, 2.24) is 0 Å².